The number of fused-ring (bicyclic) bond motifs is 1. The first kappa shape index (κ1) is 21.3. The van der Waals surface area contributed by atoms with E-state index in [-0.39, 0.29) is 16.8 Å². The summed E-state index contributed by atoms with van der Waals surface area (Å²) in [6, 6.07) is 9.22. The minimum absolute atomic E-state index is 0.0134. The molecule has 2 fully saturated rings. The number of nitrogens with zero attached hydrogens (tertiary/aromatic N) is 3. The van der Waals surface area contributed by atoms with E-state index in [0.29, 0.717) is 23.2 Å². The summed E-state index contributed by atoms with van der Waals surface area (Å²) in [4.78, 5) is 19.2. The summed E-state index contributed by atoms with van der Waals surface area (Å²) in [7, 11) is 0. The Kier molecular flexibility index (Phi) is 6.41. The summed E-state index contributed by atoms with van der Waals surface area (Å²) in [6.45, 7) is -0.366. The Labute approximate surface area is 178 Å². The highest BCUT2D eigenvalue weighted by molar-refractivity contribution is 7.99. The van der Waals surface area contributed by atoms with Crippen molar-refractivity contribution in [3.63, 3.8) is 0 Å². The predicted octanol–water partition coefficient (Wildman–Crippen LogP) is 5.39. The Morgan fingerprint density at radius 3 is 2.60 bits per heavy atom. The van der Waals surface area contributed by atoms with E-state index in [1.54, 1.807) is 24.3 Å². The summed E-state index contributed by atoms with van der Waals surface area (Å²) in [5.41, 5.74) is 1.08. The number of thioether (sulfide) groups is 1. The van der Waals surface area contributed by atoms with Crippen molar-refractivity contribution in [3.8, 4) is 11.3 Å². The number of carbonyl (C=O) groups excluding carboxylic acids is 1. The van der Waals surface area contributed by atoms with Crippen molar-refractivity contribution in [2.24, 2.45) is 5.92 Å². The molecule has 1 saturated heterocycles. The van der Waals surface area contributed by atoms with Crippen molar-refractivity contribution >= 4 is 17.7 Å². The standard InChI is InChI=1S/C22H26F3N3OS/c23-22(24,25)15-28-19(17-7-2-1-3-8-17)13-26-21(28)30-14-20(29)27-12-6-10-16-9-4-5-11-18(16)27/h1-3,7-8,13,16,18H,4-6,9-12,14-15H2. The van der Waals surface area contributed by atoms with Crippen LogP contribution >= 0.6 is 11.8 Å². The number of aromatic nitrogens is 2. The van der Waals surface area contributed by atoms with Gasteiger partial charge in [-0.25, -0.2) is 4.98 Å². The highest BCUT2D eigenvalue weighted by atomic mass is 32.2. The second-order valence-corrected chi connectivity index (χ2v) is 9.07. The Balaban J connectivity index is 1.50. The molecule has 0 radical (unpaired) electrons. The van der Waals surface area contributed by atoms with Gasteiger partial charge in [0.2, 0.25) is 5.91 Å². The van der Waals surface area contributed by atoms with Gasteiger partial charge in [0.05, 0.1) is 17.6 Å². The number of imidazole rings is 1. The number of likely N-dealkylation sites (tertiary alicyclic amines) is 1. The lowest BCUT2D eigenvalue weighted by Crippen LogP contribution is -2.50. The Morgan fingerprint density at radius 1 is 1.10 bits per heavy atom. The zero-order valence-electron chi connectivity index (χ0n) is 16.8. The normalized spacial score (nSPS) is 22.0. The lowest BCUT2D eigenvalue weighted by atomic mass is 9.78. The van der Waals surface area contributed by atoms with Crippen molar-refractivity contribution < 1.29 is 18.0 Å². The average Bonchev–Trinajstić information content (AvgIpc) is 3.13. The van der Waals surface area contributed by atoms with Gasteiger partial charge >= 0.3 is 6.18 Å². The molecule has 0 N–H and O–H groups in total. The highest BCUT2D eigenvalue weighted by Gasteiger charge is 2.36. The minimum Gasteiger partial charge on any atom is -0.339 e. The summed E-state index contributed by atoms with van der Waals surface area (Å²) < 4.78 is 40.9. The van der Waals surface area contributed by atoms with E-state index < -0.39 is 12.7 Å². The topological polar surface area (TPSA) is 38.1 Å². The first-order valence-corrected chi connectivity index (χ1v) is 11.5. The number of amides is 1. The fraction of sp³-hybridized carbons (Fsp3) is 0.545. The maximum absolute atomic E-state index is 13.2. The van der Waals surface area contributed by atoms with Crippen LogP contribution in [0.3, 0.4) is 0 Å². The van der Waals surface area contributed by atoms with E-state index in [0.717, 1.165) is 37.6 Å². The van der Waals surface area contributed by atoms with Crippen molar-refractivity contribution in [1.29, 1.82) is 0 Å². The van der Waals surface area contributed by atoms with Crippen LogP contribution in [-0.4, -0.2) is 44.9 Å². The highest BCUT2D eigenvalue weighted by Crippen LogP contribution is 2.36. The molecule has 8 heteroatoms. The van der Waals surface area contributed by atoms with E-state index in [1.165, 1.54) is 30.0 Å². The van der Waals surface area contributed by atoms with Gasteiger partial charge in [0.15, 0.2) is 5.16 Å². The van der Waals surface area contributed by atoms with Crippen LogP contribution in [0, 0.1) is 5.92 Å². The molecule has 2 aromatic rings. The van der Waals surface area contributed by atoms with Gasteiger partial charge in [-0.3, -0.25) is 4.79 Å². The number of piperidine rings is 1. The van der Waals surface area contributed by atoms with Gasteiger partial charge < -0.3 is 9.47 Å². The zero-order chi connectivity index (χ0) is 21.1. The molecule has 2 unspecified atom stereocenters. The molecular formula is C22H26F3N3OS. The third kappa shape index (κ3) is 4.85. The molecule has 30 heavy (non-hydrogen) atoms. The number of alkyl halides is 3. The van der Waals surface area contributed by atoms with E-state index in [2.05, 4.69) is 4.98 Å². The van der Waals surface area contributed by atoms with Crippen LogP contribution in [0.25, 0.3) is 11.3 Å². The maximum atomic E-state index is 13.2. The van der Waals surface area contributed by atoms with Crippen molar-refractivity contribution in [2.45, 2.75) is 62.4 Å². The van der Waals surface area contributed by atoms with Gasteiger partial charge in [-0.15, -0.1) is 0 Å². The van der Waals surface area contributed by atoms with E-state index >= 15 is 0 Å². The average molecular weight is 438 g/mol. The van der Waals surface area contributed by atoms with E-state index in [1.807, 2.05) is 11.0 Å². The number of halogens is 3. The molecule has 0 bridgehead atoms. The van der Waals surface area contributed by atoms with Crippen LogP contribution in [0.2, 0.25) is 0 Å². The second-order valence-electron chi connectivity index (χ2n) is 8.12. The lowest BCUT2D eigenvalue weighted by molar-refractivity contribution is -0.141. The van der Waals surface area contributed by atoms with Crippen LogP contribution in [0.15, 0.2) is 41.7 Å². The van der Waals surface area contributed by atoms with Gasteiger partial charge in [0, 0.05) is 12.6 Å². The van der Waals surface area contributed by atoms with Crippen molar-refractivity contribution in [3.05, 3.63) is 36.5 Å². The first-order valence-electron chi connectivity index (χ1n) is 10.5. The van der Waals surface area contributed by atoms with Crippen LogP contribution in [0.1, 0.15) is 38.5 Å². The Bertz CT molecular complexity index is 866. The van der Waals surface area contributed by atoms with Gasteiger partial charge in [-0.1, -0.05) is 54.9 Å². The van der Waals surface area contributed by atoms with Crippen LogP contribution in [0.5, 0.6) is 0 Å². The van der Waals surface area contributed by atoms with Gasteiger partial charge in [0.25, 0.3) is 0 Å². The van der Waals surface area contributed by atoms with Crippen molar-refractivity contribution in [2.75, 3.05) is 12.3 Å². The molecule has 4 rings (SSSR count). The molecule has 0 spiro atoms. The number of benzene rings is 1. The van der Waals surface area contributed by atoms with E-state index in [9.17, 15) is 18.0 Å². The maximum Gasteiger partial charge on any atom is 0.406 e. The Morgan fingerprint density at radius 2 is 1.83 bits per heavy atom. The predicted molar refractivity (Wildman–Crippen MR) is 111 cm³/mol. The number of hydrogen-bond donors (Lipinski definition) is 0. The molecule has 1 aromatic heterocycles. The SMILES string of the molecule is O=C(CSc1ncc(-c2ccccc2)n1CC(F)(F)F)N1CCCC2CCCCC21. The zero-order valence-corrected chi connectivity index (χ0v) is 17.6. The summed E-state index contributed by atoms with van der Waals surface area (Å²) in [6.07, 6.45) is 3.89. The fourth-order valence-electron chi connectivity index (χ4n) is 4.79. The molecule has 1 aliphatic heterocycles. The fourth-order valence-corrected chi connectivity index (χ4v) is 5.65. The molecular weight excluding hydrogens is 411 g/mol. The number of hydrogen-bond acceptors (Lipinski definition) is 3. The Hall–Kier alpha value is -1.96. The van der Waals surface area contributed by atoms with Gasteiger partial charge in [-0.2, -0.15) is 13.2 Å². The number of rotatable bonds is 5. The third-order valence-corrected chi connectivity index (χ3v) is 7.09. The molecule has 2 heterocycles. The quantitative estimate of drug-likeness (QED) is 0.589. The molecule has 2 atom stereocenters. The summed E-state index contributed by atoms with van der Waals surface area (Å²) in [5.74, 6) is 0.713. The molecule has 1 saturated carbocycles. The largest absolute Gasteiger partial charge is 0.406 e. The molecule has 4 nitrogen and oxygen atoms in total. The molecule has 162 valence electrons. The molecule has 1 aliphatic carbocycles. The van der Waals surface area contributed by atoms with Crippen molar-refractivity contribution in [1.82, 2.24) is 14.5 Å². The van der Waals surface area contributed by atoms with Crippen LogP contribution in [0.4, 0.5) is 13.2 Å². The van der Waals surface area contributed by atoms with Gasteiger partial charge in [0.1, 0.15) is 6.54 Å². The summed E-state index contributed by atoms with van der Waals surface area (Å²) in [5, 5.41) is 0.233. The monoisotopic (exact) mass is 437 g/mol. The minimum atomic E-state index is -4.37. The van der Waals surface area contributed by atoms with Crippen LogP contribution in [-0.2, 0) is 11.3 Å². The van der Waals surface area contributed by atoms with Crippen LogP contribution < -0.4 is 0 Å². The molecule has 2 aliphatic rings. The lowest BCUT2D eigenvalue weighted by Gasteiger charge is -2.44. The molecule has 1 aromatic carbocycles. The second kappa shape index (κ2) is 9.04. The summed E-state index contributed by atoms with van der Waals surface area (Å²) >= 11 is 1.11. The molecule has 1 amide bonds. The van der Waals surface area contributed by atoms with Gasteiger partial charge in [-0.05, 0) is 37.2 Å². The smallest absolute Gasteiger partial charge is 0.339 e. The third-order valence-electron chi connectivity index (χ3n) is 6.11. The van der Waals surface area contributed by atoms with E-state index in [4.69, 9.17) is 0 Å². The number of carbonyl (C=O) groups is 1. The first-order chi connectivity index (χ1) is 14.4.